The maximum absolute atomic E-state index is 12.6. The Balaban J connectivity index is 2.42. The molecule has 10 heteroatoms. The average Bonchev–Trinajstić information content (AvgIpc) is 2.52. The van der Waals surface area contributed by atoms with Gasteiger partial charge in [0.1, 0.15) is 0 Å². The molecule has 0 spiro atoms. The van der Waals surface area contributed by atoms with Crippen LogP contribution in [0, 0.1) is 0 Å². The van der Waals surface area contributed by atoms with Gasteiger partial charge in [0, 0.05) is 12.4 Å². The number of sulfonamides is 1. The minimum atomic E-state index is -5.60. The fraction of sp³-hybridized carbons (Fsp3) is 0.231. The third kappa shape index (κ3) is 4.03. The van der Waals surface area contributed by atoms with E-state index >= 15 is 0 Å². The Kier molecular flexibility index (Phi) is 4.97. The van der Waals surface area contributed by atoms with Crippen LogP contribution in [0.25, 0.3) is 0 Å². The van der Waals surface area contributed by atoms with Crippen molar-refractivity contribution < 1.29 is 21.6 Å². The van der Waals surface area contributed by atoms with Crippen LogP contribution in [0.15, 0.2) is 48.8 Å². The first-order valence-corrected chi connectivity index (χ1v) is 7.87. The predicted octanol–water partition coefficient (Wildman–Crippen LogP) is 1.66. The fourth-order valence-electron chi connectivity index (χ4n) is 1.86. The minimum Gasteiger partial charge on any atom is -0.321 e. The first-order valence-electron chi connectivity index (χ1n) is 6.38. The molecule has 0 amide bonds. The summed E-state index contributed by atoms with van der Waals surface area (Å²) in [6.45, 7) is 0. The number of nitrogens with one attached hydrogen (secondary N) is 1. The third-order valence-electron chi connectivity index (χ3n) is 2.98. The summed E-state index contributed by atoms with van der Waals surface area (Å²) in [5.41, 5.74) is 0.754. The van der Waals surface area contributed by atoms with Crippen LogP contribution in [0.2, 0.25) is 0 Å². The van der Waals surface area contributed by atoms with Crippen molar-refractivity contribution in [3.05, 3.63) is 60.2 Å². The number of halogens is 3. The molecule has 0 aliphatic carbocycles. The van der Waals surface area contributed by atoms with Crippen molar-refractivity contribution in [1.29, 1.82) is 0 Å². The Morgan fingerprint density at radius 1 is 1.00 bits per heavy atom. The Labute approximate surface area is 130 Å². The number of hydrogen-bond acceptors (Lipinski definition) is 5. The summed E-state index contributed by atoms with van der Waals surface area (Å²) in [6.07, 6.45) is 2.73. The molecule has 2 unspecified atom stereocenters. The van der Waals surface area contributed by atoms with Crippen molar-refractivity contribution in [3.8, 4) is 0 Å². The van der Waals surface area contributed by atoms with Crippen molar-refractivity contribution in [1.82, 2.24) is 14.7 Å². The molecule has 0 fully saturated rings. The lowest BCUT2D eigenvalue weighted by Crippen LogP contribution is -2.42. The second-order valence-corrected chi connectivity index (χ2v) is 6.29. The molecule has 0 aliphatic heterocycles. The largest absolute Gasteiger partial charge is 0.511 e. The van der Waals surface area contributed by atoms with Gasteiger partial charge in [-0.25, -0.2) is 8.42 Å². The fourth-order valence-corrected chi connectivity index (χ4v) is 2.59. The summed E-state index contributed by atoms with van der Waals surface area (Å²) in [5.74, 6) is 0. The normalized spacial score (nSPS) is 15.1. The van der Waals surface area contributed by atoms with Crippen molar-refractivity contribution in [3.63, 3.8) is 0 Å². The van der Waals surface area contributed by atoms with Gasteiger partial charge in [-0.15, -0.1) is 0 Å². The van der Waals surface area contributed by atoms with E-state index in [0.717, 1.165) is 0 Å². The molecule has 3 N–H and O–H groups in total. The van der Waals surface area contributed by atoms with E-state index in [0.29, 0.717) is 0 Å². The second-order valence-electron chi connectivity index (χ2n) is 4.58. The highest BCUT2D eigenvalue weighted by Crippen LogP contribution is 2.29. The van der Waals surface area contributed by atoms with E-state index in [9.17, 15) is 21.6 Å². The monoisotopic (exact) mass is 346 g/mol. The Morgan fingerprint density at radius 3 is 1.96 bits per heavy atom. The zero-order valence-corrected chi connectivity index (χ0v) is 12.4. The lowest BCUT2D eigenvalue weighted by molar-refractivity contribution is -0.0452. The summed E-state index contributed by atoms with van der Waals surface area (Å²) in [7, 11) is -5.60. The molecule has 0 aromatic carbocycles. The van der Waals surface area contributed by atoms with E-state index in [4.69, 9.17) is 5.73 Å². The predicted molar refractivity (Wildman–Crippen MR) is 76.3 cm³/mol. The Bertz CT molecular complexity index is 739. The lowest BCUT2D eigenvalue weighted by Gasteiger charge is -2.24. The molecule has 0 saturated carbocycles. The Morgan fingerprint density at radius 2 is 1.52 bits per heavy atom. The number of nitrogens with zero attached hydrogens (tertiary/aromatic N) is 2. The molecule has 2 aromatic rings. The standard InChI is InChI=1S/C13H13F3N4O2S/c14-13(15,16)23(21,22)20-12(10-6-2-4-8-19-10)11(17)9-5-1-3-7-18-9/h1-8,11-12,20H,17H2. The van der Waals surface area contributed by atoms with E-state index in [1.807, 2.05) is 0 Å². The van der Waals surface area contributed by atoms with E-state index in [2.05, 4.69) is 9.97 Å². The first-order chi connectivity index (χ1) is 10.7. The van der Waals surface area contributed by atoms with Crippen LogP contribution < -0.4 is 10.5 Å². The van der Waals surface area contributed by atoms with Crippen LogP contribution in [0.5, 0.6) is 0 Å². The number of alkyl halides is 3. The summed E-state index contributed by atoms with van der Waals surface area (Å²) < 4.78 is 62.4. The molecule has 0 bridgehead atoms. The van der Waals surface area contributed by atoms with Gasteiger partial charge in [-0.1, -0.05) is 12.1 Å². The Hall–Kier alpha value is -2.04. The SMILES string of the molecule is NC(c1ccccn1)C(NS(=O)(=O)C(F)(F)F)c1ccccn1. The molecule has 124 valence electrons. The molecule has 2 aromatic heterocycles. The number of hydrogen-bond donors (Lipinski definition) is 2. The van der Waals surface area contributed by atoms with Crippen LogP contribution >= 0.6 is 0 Å². The van der Waals surface area contributed by atoms with Gasteiger partial charge >= 0.3 is 15.5 Å². The number of nitrogens with two attached hydrogens (primary N) is 1. The smallest absolute Gasteiger partial charge is 0.321 e. The molecule has 23 heavy (non-hydrogen) atoms. The summed E-state index contributed by atoms with van der Waals surface area (Å²) in [6, 6.07) is 6.56. The van der Waals surface area contributed by atoms with Crippen LogP contribution in [0.1, 0.15) is 23.5 Å². The molecule has 0 aliphatic rings. The summed E-state index contributed by atoms with van der Waals surface area (Å²) in [5, 5.41) is 0. The minimum absolute atomic E-state index is 0.0541. The van der Waals surface area contributed by atoms with Gasteiger partial charge in [-0.3, -0.25) is 9.97 Å². The van der Waals surface area contributed by atoms with Crippen molar-refractivity contribution in [2.75, 3.05) is 0 Å². The highest BCUT2D eigenvalue weighted by molar-refractivity contribution is 7.90. The molecule has 0 saturated heterocycles. The van der Waals surface area contributed by atoms with Gasteiger partial charge in [0.25, 0.3) is 0 Å². The van der Waals surface area contributed by atoms with Crippen LogP contribution in [0.3, 0.4) is 0 Å². The molecule has 0 radical (unpaired) electrons. The van der Waals surface area contributed by atoms with Gasteiger partial charge in [0.2, 0.25) is 0 Å². The quantitative estimate of drug-likeness (QED) is 0.858. The van der Waals surface area contributed by atoms with Gasteiger partial charge < -0.3 is 5.73 Å². The molecule has 6 nitrogen and oxygen atoms in total. The molecule has 2 heterocycles. The van der Waals surface area contributed by atoms with Crippen molar-refractivity contribution in [2.24, 2.45) is 5.73 Å². The molecule has 2 atom stereocenters. The van der Waals surface area contributed by atoms with E-state index in [-0.39, 0.29) is 11.4 Å². The van der Waals surface area contributed by atoms with Crippen molar-refractivity contribution >= 4 is 10.0 Å². The highest BCUT2D eigenvalue weighted by Gasteiger charge is 2.48. The van der Waals surface area contributed by atoms with Gasteiger partial charge in [-0.2, -0.15) is 17.9 Å². The zero-order chi connectivity index (χ0) is 17.1. The van der Waals surface area contributed by atoms with E-state index in [1.165, 1.54) is 30.6 Å². The maximum atomic E-state index is 12.6. The molecular formula is C13H13F3N4O2S. The average molecular weight is 346 g/mol. The van der Waals surface area contributed by atoms with E-state index in [1.54, 1.807) is 22.9 Å². The zero-order valence-electron chi connectivity index (χ0n) is 11.6. The molecule has 2 rings (SSSR count). The van der Waals surface area contributed by atoms with Crippen LogP contribution in [-0.2, 0) is 10.0 Å². The topological polar surface area (TPSA) is 98.0 Å². The highest BCUT2D eigenvalue weighted by atomic mass is 32.2. The number of aromatic nitrogens is 2. The maximum Gasteiger partial charge on any atom is 0.511 e. The van der Waals surface area contributed by atoms with Crippen LogP contribution in [0.4, 0.5) is 13.2 Å². The van der Waals surface area contributed by atoms with E-state index < -0.39 is 27.6 Å². The van der Waals surface area contributed by atoms with Crippen LogP contribution in [-0.4, -0.2) is 23.9 Å². The summed E-state index contributed by atoms with van der Waals surface area (Å²) >= 11 is 0. The van der Waals surface area contributed by atoms with Gasteiger partial charge in [0.05, 0.1) is 23.5 Å². The van der Waals surface area contributed by atoms with Gasteiger partial charge in [-0.05, 0) is 24.3 Å². The lowest BCUT2D eigenvalue weighted by atomic mass is 10.0. The molecular weight excluding hydrogens is 333 g/mol. The first kappa shape index (κ1) is 17.3. The number of pyridine rings is 2. The van der Waals surface area contributed by atoms with Crippen molar-refractivity contribution in [2.45, 2.75) is 17.6 Å². The number of rotatable bonds is 5. The summed E-state index contributed by atoms with van der Waals surface area (Å²) in [4.78, 5) is 7.84. The van der Waals surface area contributed by atoms with Gasteiger partial charge in [0.15, 0.2) is 0 Å². The third-order valence-corrected chi connectivity index (χ3v) is 4.16. The second kappa shape index (κ2) is 6.60.